The quantitative estimate of drug-likeness (QED) is 0.517. The van der Waals surface area contributed by atoms with E-state index in [-0.39, 0.29) is 0 Å². The van der Waals surface area contributed by atoms with E-state index in [0.29, 0.717) is 18.8 Å². The van der Waals surface area contributed by atoms with Crippen LogP contribution in [0.25, 0.3) is 0 Å². The van der Waals surface area contributed by atoms with Crippen molar-refractivity contribution in [1.29, 1.82) is 0 Å². The summed E-state index contributed by atoms with van der Waals surface area (Å²) >= 11 is 0. The molecule has 2 atom stereocenters. The Labute approximate surface area is 107 Å². The smallest absolute Gasteiger partial charge is 0.119 e. The maximum atomic E-state index is 5.58. The average Bonchev–Trinajstić information content (AvgIpc) is 3.28. The van der Waals surface area contributed by atoms with Crippen molar-refractivity contribution in [3.05, 3.63) is 29.8 Å². The van der Waals surface area contributed by atoms with Crippen molar-refractivity contribution in [2.45, 2.75) is 18.6 Å². The van der Waals surface area contributed by atoms with Gasteiger partial charge in [0.2, 0.25) is 0 Å². The third-order valence-electron chi connectivity index (χ3n) is 3.00. The highest BCUT2D eigenvalue weighted by Crippen LogP contribution is 2.16. The summed E-state index contributed by atoms with van der Waals surface area (Å²) in [5.41, 5.74) is 1.27. The predicted molar refractivity (Wildman–Crippen MR) is 65.9 cm³/mol. The molecule has 2 saturated heterocycles. The Hall–Kier alpha value is -1.10. The molecule has 1 aromatic rings. The van der Waals surface area contributed by atoms with E-state index in [2.05, 4.69) is 12.1 Å². The third kappa shape index (κ3) is 3.98. The molecule has 2 aliphatic rings. The Morgan fingerprint density at radius 3 is 2.33 bits per heavy atom. The summed E-state index contributed by atoms with van der Waals surface area (Å²) in [5.74, 6) is 0.904. The van der Waals surface area contributed by atoms with Crippen molar-refractivity contribution in [3.8, 4) is 5.75 Å². The van der Waals surface area contributed by atoms with E-state index in [4.69, 9.17) is 18.9 Å². The van der Waals surface area contributed by atoms with Crippen molar-refractivity contribution < 1.29 is 18.9 Å². The van der Waals surface area contributed by atoms with Crippen LogP contribution in [-0.2, 0) is 20.6 Å². The molecule has 2 fully saturated rings. The molecule has 0 spiro atoms. The molecule has 0 aromatic heterocycles. The molecule has 98 valence electrons. The molecule has 1 aromatic carbocycles. The van der Waals surface area contributed by atoms with E-state index in [1.807, 2.05) is 12.1 Å². The van der Waals surface area contributed by atoms with E-state index in [9.17, 15) is 0 Å². The summed E-state index contributed by atoms with van der Waals surface area (Å²) in [6.07, 6.45) is 1.59. The van der Waals surface area contributed by atoms with Gasteiger partial charge in [0, 0.05) is 0 Å². The number of hydrogen-bond donors (Lipinski definition) is 0. The highest BCUT2D eigenvalue weighted by Gasteiger charge is 2.23. The van der Waals surface area contributed by atoms with Crippen molar-refractivity contribution in [1.82, 2.24) is 0 Å². The molecule has 0 radical (unpaired) electrons. The van der Waals surface area contributed by atoms with Gasteiger partial charge in [-0.15, -0.1) is 0 Å². The summed E-state index contributed by atoms with van der Waals surface area (Å²) < 4.78 is 21.3. The Morgan fingerprint density at radius 1 is 1.00 bits per heavy atom. The molecule has 2 aliphatic heterocycles. The Bertz CT molecular complexity index is 368. The number of hydrogen-bond acceptors (Lipinski definition) is 4. The van der Waals surface area contributed by atoms with E-state index in [1.165, 1.54) is 5.56 Å². The number of epoxide rings is 2. The standard InChI is InChI=1S/C14H18O4/c1-3-12(16-9-14-10-18-14)4-2-11(1)5-6-15-7-13-8-17-13/h1-4,13-14H,5-10H2. The number of benzene rings is 1. The van der Waals surface area contributed by atoms with E-state index in [0.717, 1.165) is 38.6 Å². The van der Waals surface area contributed by atoms with Crippen LogP contribution in [-0.4, -0.2) is 45.2 Å². The van der Waals surface area contributed by atoms with Gasteiger partial charge in [-0.3, -0.25) is 0 Å². The van der Waals surface area contributed by atoms with Gasteiger partial charge in [0.25, 0.3) is 0 Å². The lowest BCUT2D eigenvalue weighted by atomic mass is 10.1. The first-order valence-electron chi connectivity index (χ1n) is 6.43. The average molecular weight is 250 g/mol. The highest BCUT2D eigenvalue weighted by atomic mass is 16.6. The lowest BCUT2D eigenvalue weighted by Crippen LogP contribution is -2.05. The minimum absolute atomic E-state index is 0.308. The van der Waals surface area contributed by atoms with Crippen molar-refractivity contribution >= 4 is 0 Å². The van der Waals surface area contributed by atoms with Gasteiger partial charge < -0.3 is 18.9 Å². The SMILES string of the molecule is c1cc(OCC2CO2)ccc1CCOCC1CO1. The summed E-state index contributed by atoms with van der Waals surface area (Å²) in [4.78, 5) is 0. The van der Waals surface area contributed by atoms with Crippen LogP contribution < -0.4 is 4.74 Å². The van der Waals surface area contributed by atoms with Crippen molar-refractivity contribution in [3.63, 3.8) is 0 Å². The normalized spacial score (nSPS) is 24.9. The number of rotatable bonds is 8. The molecule has 0 aliphatic carbocycles. The first kappa shape index (κ1) is 12.0. The topological polar surface area (TPSA) is 43.5 Å². The molecule has 3 rings (SSSR count). The zero-order chi connectivity index (χ0) is 12.2. The van der Waals surface area contributed by atoms with Gasteiger partial charge in [0.1, 0.15) is 24.6 Å². The van der Waals surface area contributed by atoms with Crippen LogP contribution in [0, 0.1) is 0 Å². The lowest BCUT2D eigenvalue weighted by Gasteiger charge is -2.06. The van der Waals surface area contributed by atoms with Crippen LogP contribution in [0.3, 0.4) is 0 Å². The van der Waals surface area contributed by atoms with Crippen LogP contribution in [0.4, 0.5) is 0 Å². The second-order valence-corrected chi connectivity index (χ2v) is 4.69. The van der Waals surface area contributed by atoms with E-state index in [1.54, 1.807) is 0 Å². The van der Waals surface area contributed by atoms with Gasteiger partial charge >= 0.3 is 0 Å². The van der Waals surface area contributed by atoms with Gasteiger partial charge in [0.05, 0.1) is 26.4 Å². The zero-order valence-electron chi connectivity index (χ0n) is 10.3. The predicted octanol–water partition coefficient (Wildman–Crippen LogP) is 1.42. The van der Waals surface area contributed by atoms with Crippen molar-refractivity contribution in [2.75, 3.05) is 33.0 Å². The fourth-order valence-corrected chi connectivity index (χ4v) is 1.67. The molecule has 0 saturated carbocycles. The van der Waals surface area contributed by atoms with E-state index < -0.39 is 0 Å². The maximum Gasteiger partial charge on any atom is 0.119 e. The summed E-state index contributed by atoms with van der Waals surface area (Å²) in [6.45, 7) is 3.82. The van der Waals surface area contributed by atoms with Gasteiger partial charge in [-0.2, -0.15) is 0 Å². The fraction of sp³-hybridized carbons (Fsp3) is 0.571. The minimum Gasteiger partial charge on any atom is -0.491 e. The van der Waals surface area contributed by atoms with Gasteiger partial charge in [-0.1, -0.05) is 12.1 Å². The minimum atomic E-state index is 0.308. The van der Waals surface area contributed by atoms with Gasteiger partial charge in [-0.25, -0.2) is 0 Å². The van der Waals surface area contributed by atoms with Gasteiger partial charge in [0.15, 0.2) is 0 Å². The van der Waals surface area contributed by atoms with Crippen LogP contribution in [0.15, 0.2) is 24.3 Å². The molecule has 18 heavy (non-hydrogen) atoms. The highest BCUT2D eigenvalue weighted by molar-refractivity contribution is 5.27. The molecule has 0 bridgehead atoms. The van der Waals surface area contributed by atoms with Crippen LogP contribution in [0.5, 0.6) is 5.75 Å². The van der Waals surface area contributed by atoms with Crippen LogP contribution in [0.2, 0.25) is 0 Å². The first-order valence-corrected chi connectivity index (χ1v) is 6.43. The van der Waals surface area contributed by atoms with E-state index >= 15 is 0 Å². The molecule has 2 unspecified atom stereocenters. The maximum absolute atomic E-state index is 5.58. The third-order valence-corrected chi connectivity index (χ3v) is 3.00. The Morgan fingerprint density at radius 2 is 1.67 bits per heavy atom. The zero-order valence-corrected chi connectivity index (χ0v) is 10.3. The number of ether oxygens (including phenoxy) is 4. The summed E-state index contributed by atoms with van der Waals surface area (Å²) in [6, 6.07) is 8.17. The largest absolute Gasteiger partial charge is 0.491 e. The van der Waals surface area contributed by atoms with Crippen LogP contribution >= 0.6 is 0 Å². The summed E-state index contributed by atoms with van der Waals surface area (Å²) in [5, 5.41) is 0. The fourth-order valence-electron chi connectivity index (χ4n) is 1.67. The summed E-state index contributed by atoms with van der Waals surface area (Å²) in [7, 11) is 0. The van der Waals surface area contributed by atoms with Gasteiger partial charge in [-0.05, 0) is 24.1 Å². The monoisotopic (exact) mass is 250 g/mol. The Kier molecular flexibility index (Phi) is 3.78. The van der Waals surface area contributed by atoms with Crippen molar-refractivity contribution in [2.24, 2.45) is 0 Å². The molecular weight excluding hydrogens is 232 g/mol. The molecular formula is C14H18O4. The lowest BCUT2D eigenvalue weighted by molar-refractivity contribution is 0.119. The molecule has 0 N–H and O–H groups in total. The Balaban J connectivity index is 1.35. The molecule has 0 amide bonds. The van der Waals surface area contributed by atoms with Crippen LogP contribution in [0.1, 0.15) is 5.56 Å². The molecule has 4 heteroatoms. The second kappa shape index (κ2) is 5.69. The first-order chi connectivity index (χ1) is 8.90. The molecule has 2 heterocycles. The second-order valence-electron chi connectivity index (χ2n) is 4.69. The molecule has 4 nitrogen and oxygen atoms in total.